The monoisotopic (exact) mass is 163 g/mol. The molecule has 2 N–H and O–H groups in total. The third-order valence-corrected chi connectivity index (χ3v) is 1.41. The van der Waals surface area contributed by atoms with Crippen LogP contribution >= 0.6 is 23.4 Å². The summed E-state index contributed by atoms with van der Waals surface area (Å²) in [7, 11) is 0. The summed E-state index contributed by atoms with van der Waals surface area (Å²) in [6.45, 7) is 6.67. The number of rotatable bonds is 3. The molecule has 0 aliphatic carbocycles. The minimum Gasteiger partial charge on any atom is -0.365 e. The fourth-order valence-corrected chi connectivity index (χ4v) is 0.831. The lowest BCUT2D eigenvalue weighted by atomic mass is 10.6. The molecule has 0 aromatic carbocycles. The van der Waals surface area contributed by atoms with Crippen LogP contribution in [0.1, 0.15) is 0 Å². The zero-order valence-corrected chi connectivity index (χ0v) is 6.26. The van der Waals surface area contributed by atoms with Gasteiger partial charge in [0.05, 0.1) is 9.27 Å². The lowest BCUT2D eigenvalue weighted by molar-refractivity contribution is -0.113. The van der Waals surface area contributed by atoms with E-state index in [-0.39, 0.29) is 4.91 Å². The Morgan fingerprint density at radius 3 is 2.11 bits per heavy atom. The van der Waals surface area contributed by atoms with Crippen LogP contribution < -0.4 is 5.73 Å². The Kier molecular flexibility index (Phi) is 3.42. The Labute approximate surface area is 62.7 Å². The van der Waals surface area contributed by atoms with E-state index in [0.717, 1.165) is 11.8 Å². The molecular weight excluding hydrogens is 158 g/mol. The van der Waals surface area contributed by atoms with Gasteiger partial charge in [-0.15, -0.1) is 0 Å². The summed E-state index contributed by atoms with van der Waals surface area (Å²) in [6, 6.07) is 0. The number of amides is 1. The van der Waals surface area contributed by atoms with Crippen molar-refractivity contribution in [2.75, 3.05) is 0 Å². The summed E-state index contributed by atoms with van der Waals surface area (Å²) in [5.41, 5.74) is 4.83. The maximum absolute atomic E-state index is 10.2. The summed E-state index contributed by atoms with van der Waals surface area (Å²) < 4.78 is 0.291. The highest BCUT2D eigenvalue weighted by atomic mass is 35.5. The van der Waals surface area contributed by atoms with Crippen molar-refractivity contribution in [2.45, 2.75) is 0 Å². The first-order valence-corrected chi connectivity index (χ1v) is 3.24. The molecule has 9 heavy (non-hydrogen) atoms. The Bertz CT molecular complexity index is 166. The molecule has 0 radical (unpaired) electrons. The number of carbonyl (C=O) groups excluding carboxylic acids is 1. The molecule has 0 spiro atoms. The highest BCUT2D eigenvalue weighted by Gasteiger charge is 2.01. The molecule has 0 aliphatic rings. The molecule has 0 saturated carbocycles. The van der Waals surface area contributed by atoms with Gasteiger partial charge in [0.25, 0.3) is 5.91 Å². The molecule has 0 heterocycles. The Morgan fingerprint density at radius 1 is 1.56 bits per heavy atom. The Morgan fingerprint density at radius 2 is 2.00 bits per heavy atom. The van der Waals surface area contributed by atoms with Crippen LogP contribution in [-0.2, 0) is 4.79 Å². The Balaban J connectivity index is 3.79. The largest absolute Gasteiger partial charge is 0.365 e. The predicted molar refractivity (Wildman–Crippen MR) is 40.9 cm³/mol. The maximum Gasteiger partial charge on any atom is 0.254 e. The minimum absolute atomic E-state index is 0.204. The van der Waals surface area contributed by atoms with Gasteiger partial charge in [0.1, 0.15) is 0 Å². The smallest absolute Gasteiger partial charge is 0.254 e. The fraction of sp³-hybridized carbons (Fsp3) is 0. The second-order valence-electron chi connectivity index (χ2n) is 1.24. The predicted octanol–water partition coefficient (Wildman–Crippen LogP) is 1.43. The van der Waals surface area contributed by atoms with Crippen LogP contribution in [0, 0.1) is 0 Å². The van der Waals surface area contributed by atoms with Gasteiger partial charge >= 0.3 is 0 Å². The van der Waals surface area contributed by atoms with E-state index in [1.807, 2.05) is 0 Å². The van der Waals surface area contributed by atoms with Crippen molar-refractivity contribution in [3.05, 3.63) is 22.4 Å². The molecule has 2 nitrogen and oxygen atoms in total. The lowest BCUT2D eigenvalue weighted by Crippen LogP contribution is -2.10. The molecule has 0 aromatic heterocycles. The molecule has 4 heteroatoms. The van der Waals surface area contributed by atoms with Crippen LogP contribution in [-0.4, -0.2) is 5.91 Å². The molecule has 0 bridgehead atoms. The highest BCUT2D eigenvalue weighted by molar-refractivity contribution is 8.08. The SMILES string of the molecule is C=C(Cl)SC(=C)C(N)=O. The molecule has 50 valence electrons. The summed E-state index contributed by atoms with van der Waals surface area (Å²) in [4.78, 5) is 10.4. The number of halogens is 1. The number of carbonyl (C=O) groups is 1. The van der Waals surface area contributed by atoms with E-state index < -0.39 is 5.91 Å². The Hall–Kier alpha value is -0.410. The van der Waals surface area contributed by atoms with Gasteiger partial charge in [-0.2, -0.15) is 0 Å². The normalized spacial score (nSPS) is 8.56. The average Bonchev–Trinajstić information content (AvgIpc) is 1.63. The van der Waals surface area contributed by atoms with Gasteiger partial charge in [-0.25, -0.2) is 0 Å². The van der Waals surface area contributed by atoms with Crippen molar-refractivity contribution in [3.8, 4) is 0 Å². The standard InChI is InChI=1S/C5H6ClNOS/c1-3(5(7)8)9-4(2)6/h1-2H2,(H2,7,8). The fourth-order valence-electron chi connectivity index (χ4n) is 0.184. The van der Waals surface area contributed by atoms with Gasteiger partial charge in [0, 0.05) is 0 Å². The van der Waals surface area contributed by atoms with Crippen molar-refractivity contribution < 1.29 is 4.79 Å². The quantitative estimate of drug-likeness (QED) is 0.640. The molecule has 0 rings (SSSR count). The molecule has 0 fully saturated rings. The summed E-state index contributed by atoms with van der Waals surface area (Å²) in [5, 5.41) is 0. The van der Waals surface area contributed by atoms with E-state index in [2.05, 4.69) is 13.2 Å². The van der Waals surface area contributed by atoms with E-state index >= 15 is 0 Å². The lowest BCUT2D eigenvalue weighted by Gasteiger charge is -1.94. The van der Waals surface area contributed by atoms with Crippen LogP contribution in [0.25, 0.3) is 0 Å². The van der Waals surface area contributed by atoms with Crippen LogP contribution in [0.2, 0.25) is 0 Å². The third kappa shape index (κ3) is 4.12. The number of primary amides is 1. The number of hydrogen-bond donors (Lipinski definition) is 1. The summed E-state index contributed by atoms with van der Waals surface area (Å²) >= 11 is 6.28. The maximum atomic E-state index is 10.2. The van der Waals surface area contributed by atoms with E-state index in [9.17, 15) is 4.79 Å². The van der Waals surface area contributed by atoms with Crippen LogP contribution in [0.3, 0.4) is 0 Å². The highest BCUT2D eigenvalue weighted by Crippen LogP contribution is 2.24. The van der Waals surface area contributed by atoms with Gasteiger partial charge < -0.3 is 5.73 Å². The molecular formula is C5H6ClNOS. The molecule has 0 aliphatic heterocycles. The first kappa shape index (κ1) is 8.59. The minimum atomic E-state index is -0.568. The van der Waals surface area contributed by atoms with Crippen LogP contribution in [0.5, 0.6) is 0 Å². The van der Waals surface area contributed by atoms with E-state index in [4.69, 9.17) is 17.3 Å². The van der Waals surface area contributed by atoms with Gasteiger partial charge in [-0.05, 0) is 0 Å². The van der Waals surface area contributed by atoms with E-state index in [1.54, 1.807) is 0 Å². The molecule has 0 saturated heterocycles. The van der Waals surface area contributed by atoms with Crippen molar-refractivity contribution >= 4 is 29.3 Å². The average molecular weight is 164 g/mol. The number of hydrogen-bond acceptors (Lipinski definition) is 2. The summed E-state index contributed by atoms with van der Waals surface area (Å²) in [5.74, 6) is -0.568. The zero-order valence-electron chi connectivity index (χ0n) is 4.69. The first-order chi connectivity index (χ1) is 4.04. The van der Waals surface area contributed by atoms with Crippen molar-refractivity contribution in [2.24, 2.45) is 5.73 Å². The topological polar surface area (TPSA) is 43.1 Å². The molecule has 0 unspecified atom stereocenters. The summed E-state index contributed by atoms with van der Waals surface area (Å²) in [6.07, 6.45) is 0. The molecule has 1 amide bonds. The van der Waals surface area contributed by atoms with Crippen molar-refractivity contribution in [1.29, 1.82) is 0 Å². The first-order valence-electron chi connectivity index (χ1n) is 2.05. The number of thioether (sulfide) groups is 1. The molecule has 0 aromatic rings. The van der Waals surface area contributed by atoms with Crippen LogP contribution in [0.4, 0.5) is 0 Å². The van der Waals surface area contributed by atoms with Crippen molar-refractivity contribution in [3.63, 3.8) is 0 Å². The van der Waals surface area contributed by atoms with Gasteiger partial charge in [0.2, 0.25) is 0 Å². The second kappa shape index (κ2) is 3.58. The third-order valence-electron chi connectivity index (χ3n) is 0.509. The van der Waals surface area contributed by atoms with Gasteiger partial charge in [-0.3, -0.25) is 4.79 Å². The van der Waals surface area contributed by atoms with Gasteiger partial charge in [-0.1, -0.05) is 36.5 Å². The van der Waals surface area contributed by atoms with Gasteiger partial charge in [0.15, 0.2) is 0 Å². The van der Waals surface area contributed by atoms with Crippen molar-refractivity contribution in [1.82, 2.24) is 0 Å². The molecule has 0 atom stereocenters. The van der Waals surface area contributed by atoms with E-state index in [1.165, 1.54) is 0 Å². The number of nitrogens with two attached hydrogens (primary N) is 1. The van der Waals surface area contributed by atoms with Crippen LogP contribution in [0.15, 0.2) is 22.4 Å². The second-order valence-corrected chi connectivity index (χ2v) is 3.11. The van der Waals surface area contributed by atoms with E-state index in [0.29, 0.717) is 4.36 Å². The zero-order chi connectivity index (χ0) is 7.44.